The SMILES string of the molecule is CN(c1ccc(-c2ccoc2)cc1)c1nc(=O)n(O)c2ncccc12. The summed E-state index contributed by atoms with van der Waals surface area (Å²) in [5.74, 6) is 0.425. The first-order valence-corrected chi connectivity index (χ1v) is 7.58. The number of pyridine rings is 1. The molecule has 0 radical (unpaired) electrons. The van der Waals surface area contributed by atoms with E-state index in [1.807, 2.05) is 37.4 Å². The molecule has 4 aromatic rings. The Morgan fingerprint density at radius 2 is 1.92 bits per heavy atom. The molecule has 0 spiro atoms. The van der Waals surface area contributed by atoms with Crippen molar-refractivity contribution in [2.24, 2.45) is 0 Å². The number of hydrogen-bond acceptors (Lipinski definition) is 6. The van der Waals surface area contributed by atoms with Crippen molar-refractivity contribution in [3.63, 3.8) is 0 Å². The summed E-state index contributed by atoms with van der Waals surface area (Å²) in [6, 6.07) is 13.2. The predicted octanol–water partition coefficient (Wildman–Crippen LogP) is 3.06. The first kappa shape index (κ1) is 14.9. The van der Waals surface area contributed by atoms with E-state index in [-0.39, 0.29) is 5.65 Å². The molecule has 1 N–H and O–H groups in total. The van der Waals surface area contributed by atoms with Crippen molar-refractivity contribution in [3.8, 4) is 11.1 Å². The Bertz CT molecular complexity index is 1090. The second-order valence-corrected chi connectivity index (χ2v) is 5.52. The summed E-state index contributed by atoms with van der Waals surface area (Å²) < 4.78 is 5.55. The lowest BCUT2D eigenvalue weighted by molar-refractivity contribution is 0.182. The van der Waals surface area contributed by atoms with Gasteiger partial charge in [0.2, 0.25) is 0 Å². The summed E-state index contributed by atoms with van der Waals surface area (Å²) in [5.41, 5.74) is 2.25. The number of furan rings is 1. The first-order valence-electron chi connectivity index (χ1n) is 7.58. The Balaban J connectivity index is 1.79. The fourth-order valence-electron chi connectivity index (χ4n) is 2.71. The summed E-state index contributed by atoms with van der Waals surface area (Å²) in [6.45, 7) is 0. The smallest absolute Gasteiger partial charge is 0.384 e. The van der Waals surface area contributed by atoms with Crippen LogP contribution in [0.15, 0.2) is 70.4 Å². The summed E-state index contributed by atoms with van der Waals surface area (Å²) in [5, 5.41) is 10.4. The van der Waals surface area contributed by atoms with Gasteiger partial charge in [0.25, 0.3) is 0 Å². The fraction of sp³-hybridized carbons (Fsp3) is 0.0556. The van der Waals surface area contributed by atoms with Gasteiger partial charge in [-0.3, -0.25) is 0 Å². The van der Waals surface area contributed by atoms with Crippen LogP contribution in [-0.2, 0) is 0 Å². The largest absolute Gasteiger partial charge is 0.472 e. The first-order chi connectivity index (χ1) is 12.1. The molecule has 0 saturated heterocycles. The molecular weight excluding hydrogens is 320 g/mol. The predicted molar refractivity (Wildman–Crippen MR) is 93.2 cm³/mol. The van der Waals surface area contributed by atoms with E-state index >= 15 is 0 Å². The van der Waals surface area contributed by atoms with Gasteiger partial charge in [-0.15, -0.1) is 4.73 Å². The molecule has 7 heteroatoms. The lowest BCUT2D eigenvalue weighted by atomic mass is 10.1. The quantitative estimate of drug-likeness (QED) is 0.580. The third-order valence-corrected chi connectivity index (χ3v) is 4.04. The van der Waals surface area contributed by atoms with Crippen molar-refractivity contribution in [2.45, 2.75) is 0 Å². The van der Waals surface area contributed by atoms with E-state index in [2.05, 4.69) is 9.97 Å². The minimum absolute atomic E-state index is 0.166. The van der Waals surface area contributed by atoms with Crippen LogP contribution in [0.3, 0.4) is 0 Å². The van der Waals surface area contributed by atoms with E-state index < -0.39 is 5.69 Å². The van der Waals surface area contributed by atoms with E-state index in [9.17, 15) is 10.0 Å². The summed E-state index contributed by atoms with van der Waals surface area (Å²) in [7, 11) is 1.81. The molecule has 0 aliphatic rings. The van der Waals surface area contributed by atoms with Gasteiger partial charge in [-0.05, 0) is 35.9 Å². The Kier molecular flexibility index (Phi) is 3.46. The summed E-state index contributed by atoms with van der Waals surface area (Å²) in [4.78, 5) is 21.7. The molecule has 1 aromatic carbocycles. The van der Waals surface area contributed by atoms with Crippen LogP contribution >= 0.6 is 0 Å². The molecule has 0 saturated carbocycles. The zero-order valence-corrected chi connectivity index (χ0v) is 13.3. The second kappa shape index (κ2) is 5.79. The van der Waals surface area contributed by atoms with Crippen LogP contribution in [0, 0.1) is 0 Å². The zero-order valence-electron chi connectivity index (χ0n) is 13.3. The van der Waals surface area contributed by atoms with Crippen LogP contribution in [0.25, 0.3) is 22.2 Å². The number of benzene rings is 1. The summed E-state index contributed by atoms with van der Waals surface area (Å²) in [6.07, 6.45) is 4.82. The van der Waals surface area contributed by atoms with Gasteiger partial charge >= 0.3 is 5.69 Å². The van der Waals surface area contributed by atoms with Gasteiger partial charge in [-0.25, -0.2) is 9.78 Å². The molecule has 7 nitrogen and oxygen atoms in total. The van der Waals surface area contributed by atoms with E-state index in [1.54, 1.807) is 29.6 Å². The van der Waals surface area contributed by atoms with Crippen LogP contribution in [-0.4, -0.2) is 27.0 Å². The van der Waals surface area contributed by atoms with E-state index in [0.29, 0.717) is 15.9 Å². The van der Waals surface area contributed by atoms with Gasteiger partial charge in [0, 0.05) is 24.5 Å². The highest BCUT2D eigenvalue weighted by Gasteiger charge is 2.15. The highest BCUT2D eigenvalue weighted by Crippen LogP contribution is 2.29. The number of aromatic nitrogens is 3. The summed E-state index contributed by atoms with van der Waals surface area (Å²) >= 11 is 0. The van der Waals surface area contributed by atoms with Crippen molar-refractivity contribution in [2.75, 3.05) is 11.9 Å². The maximum atomic E-state index is 11.9. The number of rotatable bonds is 3. The lowest BCUT2D eigenvalue weighted by Crippen LogP contribution is -2.25. The standard InChI is InChI=1S/C18H14N4O3/c1-21(14-6-4-12(5-7-14)13-8-10-25-11-13)17-15-3-2-9-19-16(15)22(24)18(23)20-17/h2-11,24H,1H3. The molecule has 0 atom stereocenters. The molecule has 0 amide bonds. The van der Waals surface area contributed by atoms with Crippen LogP contribution < -0.4 is 10.6 Å². The highest BCUT2D eigenvalue weighted by molar-refractivity contribution is 5.89. The van der Waals surface area contributed by atoms with Gasteiger partial charge in [0.05, 0.1) is 17.9 Å². The second-order valence-electron chi connectivity index (χ2n) is 5.52. The monoisotopic (exact) mass is 334 g/mol. The highest BCUT2D eigenvalue weighted by atomic mass is 16.5. The van der Waals surface area contributed by atoms with Crippen molar-refractivity contribution in [3.05, 3.63) is 71.7 Å². The van der Waals surface area contributed by atoms with Gasteiger partial charge in [-0.2, -0.15) is 4.98 Å². The van der Waals surface area contributed by atoms with E-state index in [0.717, 1.165) is 16.8 Å². The normalized spacial score (nSPS) is 10.9. The molecule has 25 heavy (non-hydrogen) atoms. The average molecular weight is 334 g/mol. The molecule has 3 heterocycles. The maximum absolute atomic E-state index is 11.9. The minimum atomic E-state index is -0.775. The van der Waals surface area contributed by atoms with E-state index in [4.69, 9.17) is 4.42 Å². The van der Waals surface area contributed by atoms with Crippen LogP contribution in [0.1, 0.15) is 0 Å². The maximum Gasteiger partial charge on any atom is 0.384 e. The van der Waals surface area contributed by atoms with Gasteiger partial charge in [-0.1, -0.05) is 12.1 Å². The van der Waals surface area contributed by atoms with Crippen molar-refractivity contribution >= 4 is 22.5 Å². The van der Waals surface area contributed by atoms with Gasteiger partial charge < -0.3 is 14.5 Å². The molecule has 0 unspecified atom stereocenters. The Labute approximate surface area is 142 Å². The van der Waals surface area contributed by atoms with Gasteiger partial charge in [0.1, 0.15) is 5.82 Å². The lowest BCUT2D eigenvalue weighted by Gasteiger charge is -2.20. The third kappa shape index (κ3) is 2.51. The van der Waals surface area contributed by atoms with Crippen LogP contribution in [0.4, 0.5) is 11.5 Å². The molecular formula is C18H14N4O3. The molecule has 0 aliphatic carbocycles. The van der Waals surface area contributed by atoms with Crippen molar-refractivity contribution in [1.29, 1.82) is 0 Å². The van der Waals surface area contributed by atoms with Crippen LogP contribution in [0.2, 0.25) is 0 Å². The number of fused-ring (bicyclic) bond motifs is 1. The van der Waals surface area contributed by atoms with Crippen LogP contribution in [0.5, 0.6) is 0 Å². The molecule has 0 bridgehead atoms. The van der Waals surface area contributed by atoms with E-state index in [1.165, 1.54) is 6.20 Å². The fourth-order valence-corrected chi connectivity index (χ4v) is 2.71. The number of anilines is 2. The van der Waals surface area contributed by atoms with Crippen molar-refractivity contribution < 1.29 is 9.62 Å². The molecule has 4 rings (SSSR count). The Morgan fingerprint density at radius 1 is 1.12 bits per heavy atom. The minimum Gasteiger partial charge on any atom is -0.472 e. The third-order valence-electron chi connectivity index (χ3n) is 4.04. The Morgan fingerprint density at radius 3 is 2.64 bits per heavy atom. The zero-order chi connectivity index (χ0) is 17.4. The van der Waals surface area contributed by atoms with Crippen molar-refractivity contribution in [1.82, 2.24) is 14.7 Å². The number of hydrogen-bond donors (Lipinski definition) is 1. The van der Waals surface area contributed by atoms with Gasteiger partial charge in [0.15, 0.2) is 5.65 Å². The average Bonchev–Trinajstić information content (AvgIpc) is 3.19. The molecule has 0 fully saturated rings. The molecule has 0 aliphatic heterocycles. The molecule has 124 valence electrons. The Hall–Kier alpha value is -3.61. The molecule has 3 aromatic heterocycles. The topological polar surface area (TPSA) is 84.4 Å². The number of nitrogens with zero attached hydrogens (tertiary/aromatic N) is 4.